The highest BCUT2D eigenvalue weighted by molar-refractivity contribution is 7.99. The van der Waals surface area contributed by atoms with E-state index >= 15 is 0 Å². The molecule has 0 saturated carbocycles. The molecule has 0 atom stereocenters. The lowest BCUT2D eigenvalue weighted by Crippen LogP contribution is -2.23. The summed E-state index contributed by atoms with van der Waals surface area (Å²) in [5, 5.41) is 3.64. The summed E-state index contributed by atoms with van der Waals surface area (Å²) in [7, 11) is 3.18. The molecule has 0 radical (unpaired) electrons. The van der Waals surface area contributed by atoms with Crippen LogP contribution in [0.3, 0.4) is 0 Å². The smallest absolute Gasteiger partial charge is 0.254 e. The maximum atomic E-state index is 12.8. The maximum Gasteiger partial charge on any atom is 0.254 e. The Kier molecular flexibility index (Phi) is 6.77. The number of aryl methyl sites for hydroxylation is 2. The number of benzene rings is 2. The topological polar surface area (TPSA) is 60.5 Å². The van der Waals surface area contributed by atoms with Gasteiger partial charge in [0.25, 0.3) is 5.91 Å². The van der Waals surface area contributed by atoms with Gasteiger partial charge in [-0.2, -0.15) is 0 Å². The first-order valence-electron chi connectivity index (χ1n) is 9.21. The molecular formula is C23H24N2O3S. The summed E-state index contributed by atoms with van der Waals surface area (Å²) in [6, 6.07) is 15.4. The predicted octanol–water partition coefficient (Wildman–Crippen LogP) is 4.80. The number of hydrogen-bond donors (Lipinski definition) is 1. The Balaban J connectivity index is 1.74. The van der Waals surface area contributed by atoms with Crippen molar-refractivity contribution < 1.29 is 14.3 Å². The van der Waals surface area contributed by atoms with Crippen LogP contribution in [0.5, 0.6) is 11.5 Å². The fraction of sp³-hybridized carbons (Fsp3) is 0.217. The number of aromatic nitrogens is 1. The van der Waals surface area contributed by atoms with Crippen LogP contribution in [0, 0.1) is 13.8 Å². The molecule has 0 aliphatic rings. The van der Waals surface area contributed by atoms with Crippen molar-refractivity contribution in [3.05, 3.63) is 77.0 Å². The summed E-state index contributed by atoms with van der Waals surface area (Å²) in [6.07, 6.45) is 1.70. The molecule has 5 nitrogen and oxygen atoms in total. The minimum atomic E-state index is -0.167. The first-order chi connectivity index (χ1) is 14.0. The highest BCUT2D eigenvalue weighted by Crippen LogP contribution is 2.30. The maximum absolute atomic E-state index is 12.8. The Morgan fingerprint density at radius 3 is 2.52 bits per heavy atom. The predicted molar refractivity (Wildman–Crippen MR) is 115 cm³/mol. The molecule has 1 aromatic heterocycles. The normalized spacial score (nSPS) is 10.5. The number of nitrogens with zero attached hydrogens (tertiary/aromatic N) is 1. The van der Waals surface area contributed by atoms with E-state index in [0.717, 1.165) is 10.5 Å². The Morgan fingerprint density at radius 1 is 1.00 bits per heavy atom. The molecule has 150 valence electrons. The largest absolute Gasteiger partial charge is 0.493 e. The second-order valence-corrected chi connectivity index (χ2v) is 7.64. The van der Waals surface area contributed by atoms with Crippen LogP contribution in [-0.4, -0.2) is 25.1 Å². The average molecular weight is 409 g/mol. The number of pyridine rings is 1. The number of carbonyl (C=O) groups excluding carboxylic acids is 1. The van der Waals surface area contributed by atoms with Crippen LogP contribution in [0.4, 0.5) is 0 Å². The van der Waals surface area contributed by atoms with Crippen molar-refractivity contribution in [3.63, 3.8) is 0 Å². The monoisotopic (exact) mass is 408 g/mol. The van der Waals surface area contributed by atoms with Gasteiger partial charge in [0.2, 0.25) is 0 Å². The molecule has 0 unspecified atom stereocenters. The van der Waals surface area contributed by atoms with Crippen LogP contribution in [0.2, 0.25) is 0 Å². The van der Waals surface area contributed by atoms with Crippen LogP contribution >= 0.6 is 11.8 Å². The number of carbonyl (C=O) groups is 1. The number of hydrogen-bond acceptors (Lipinski definition) is 5. The van der Waals surface area contributed by atoms with Gasteiger partial charge in [-0.15, -0.1) is 0 Å². The number of rotatable bonds is 7. The van der Waals surface area contributed by atoms with E-state index in [9.17, 15) is 4.79 Å². The summed E-state index contributed by atoms with van der Waals surface area (Å²) < 4.78 is 10.6. The Morgan fingerprint density at radius 2 is 1.79 bits per heavy atom. The quantitative estimate of drug-likeness (QED) is 0.609. The van der Waals surface area contributed by atoms with Crippen molar-refractivity contribution in [2.24, 2.45) is 0 Å². The van der Waals surface area contributed by atoms with Crippen LogP contribution in [0.25, 0.3) is 0 Å². The fourth-order valence-electron chi connectivity index (χ4n) is 2.80. The third-order valence-electron chi connectivity index (χ3n) is 4.61. The Bertz CT molecular complexity index is 1020. The second kappa shape index (κ2) is 9.47. The summed E-state index contributed by atoms with van der Waals surface area (Å²) >= 11 is 1.49. The lowest BCUT2D eigenvalue weighted by molar-refractivity contribution is 0.0947. The fourth-order valence-corrected chi connectivity index (χ4v) is 3.78. The first kappa shape index (κ1) is 20.7. The minimum absolute atomic E-state index is 0.167. The Labute approximate surface area is 175 Å². The second-order valence-electron chi connectivity index (χ2n) is 6.58. The van der Waals surface area contributed by atoms with E-state index in [1.165, 1.54) is 22.9 Å². The van der Waals surface area contributed by atoms with Crippen LogP contribution in [0.1, 0.15) is 27.0 Å². The average Bonchev–Trinajstić information content (AvgIpc) is 2.74. The molecule has 2 aromatic carbocycles. The molecule has 3 aromatic rings. The molecule has 0 aliphatic heterocycles. The lowest BCUT2D eigenvalue weighted by atomic mass is 10.1. The van der Waals surface area contributed by atoms with Crippen molar-refractivity contribution >= 4 is 17.7 Å². The molecule has 29 heavy (non-hydrogen) atoms. The summed E-state index contributed by atoms with van der Waals surface area (Å²) in [6.45, 7) is 4.54. The van der Waals surface area contributed by atoms with E-state index in [-0.39, 0.29) is 5.91 Å². The molecule has 0 bridgehead atoms. The van der Waals surface area contributed by atoms with E-state index in [0.29, 0.717) is 28.6 Å². The third kappa shape index (κ3) is 5.09. The molecule has 0 fully saturated rings. The molecule has 6 heteroatoms. The van der Waals surface area contributed by atoms with Gasteiger partial charge in [-0.1, -0.05) is 23.9 Å². The van der Waals surface area contributed by atoms with E-state index in [2.05, 4.69) is 36.3 Å². The van der Waals surface area contributed by atoms with Crippen LogP contribution in [-0.2, 0) is 6.54 Å². The molecule has 1 heterocycles. The van der Waals surface area contributed by atoms with Gasteiger partial charge in [0, 0.05) is 17.6 Å². The zero-order valence-electron chi connectivity index (χ0n) is 17.0. The van der Waals surface area contributed by atoms with E-state index in [4.69, 9.17) is 9.47 Å². The highest BCUT2D eigenvalue weighted by atomic mass is 32.2. The van der Waals surface area contributed by atoms with Crippen molar-refractivity contribution in [3.8, 4) is 11.5 Å². The van der Waals surface area contributed by atoms with Gasteiger partial charge in [-0.3, -0.25) is 4.79 Å². The number of amides is 1. The molecule has 3 rings (SSSR count). The van der Waals surface area contributed by atoms with Crippen molar-refractivity contribution in [2.45, 2.75) is 30.3 Å². The Hall–Kier alpha value is -2.99. The summed E-state index contributed by atoms with van der Waals surface area (Å²) in [4.78, 5) is 18.3. The highest BCUT2D eigenvalue weighted by Gasteiger charge is 2.14. The SMILES string of the molecule is COc1ccc(CNC(=O)c2cccnc2Sc2ccc(C)c(C)c2)cc1OC. The van der Waals surface area contributed by atoms with E-state index < -0.39 is 0 Å². The molecule has 0 saturated heterocycles. The minimum Gasteiger partial charge on any atom is -0.493 e. The van der Waals surface area contributed by atoms with Crippen molar-refractivity contribution in [1.82, 2.24) is 10.3 Å². The summed E-state index contributed by atoms with van der Waals surface area (Å²) in [5.74, 6) is 1.12. The van der Waals surface area contributed by atoms with Crippen LogP contribution in [0.15, 0.2) is 64.6 Å². The number of nitrogens with one attached hydrogen (secondary N) is 1. The number of methoxy groups -OCH3 is 2. The van der Waals surface area contributed by atoms with Gasteiger partial charge in [-0.05, 0) is 66.9 Å². The molecule has 0 aliphatic carbocycles. The summed E-state index contributed by atoms with van der Waals surface area (Å²) in [5.41, 5.74) is 3.92. The van der Waals surface area contributed by atoms with E-state index in [1.54, 1.807) is 32.5 Å². The van der Waals surface area contributed by atoms with Crippen molar-refractivity contribution in [1.29, 1.82) is 0 Å². The molecule has 0 spiro atoms. The third-order valence-corrected chi connectivity index (χ3v) is 5.62. The number of ether oxygens (including phenoxy) is 2. The first-order valence-corrected chi connectivity index (χ1v) is 10.0. The molecule has 1 amide bonds. The van der Waals surface area contributed by atoms with Gasteiger partial charge >= 0.3 is 0 Å². The van der Waals surface area contributed by atoms with Crippen LogP contribution < -0.4 is 14.8 Å². The molecular weight excluding hydrogens is 384 g/mol. The zero-order chi connectivity index (χ0) is 20.8. The van der Waals surface area contributed by atoms with Crippen molar-refractivity contribution in [2.75, 3.05) is 14.2 Å². The molecule has 1 N–H and O–H groups in total. The zero-order valence-corrected chi connectivity index (χ0v) is 17.8. The van der Waals surface area contributed by atoms with Gasteiger partial charge in [-0.25, -0.2) is 4.98 Å². The van der Waals surface area contributed by atoms with Gasteiger partial charge < -0.3 is 14.8 Å². The standard InChI is InChI=1S/C23H24N2O3S/c1-15-7-9-18(12-16(15)2)29-23-19(6-5-11-24-23)22(26)25-14-17-8-10-20(27-3)21(13-17)28-4/h5-13H,14H2,1-4H3,(H,25,26). The van der Waals surface area contributed by atoms with E-state index in [1.807, 2.05) is 24.3 Å². The lowest BCUT2D eigenvalue weighted by Gasteiger charge is -2.12. The van der Waals surface area contributed by atoms with Gasteiger partial charge in [0.15, 0.2) is 11.5 Å². The van der Waals surface area contributed by atoms with Gasteiger partial charge in [0.05, 0.1) is 19.8 Å². The van der Waals surface area contributed by atoms with Gasteiger partial charge in [0.1, 0.15) is 5.03 Å².